The molecule has 0 saturated carbocycles. The maximum atomic E-state index is 4.45. The van der Waals surface area contributed by atoms with Crippen molar-refractivity contribution >= 4 is 21.8 Å². The lowest BCUT2D eigenvalue weighted by molar-refractivity contribution is 0.910. The van der Waals surface area contributed by atoms with Crippen molar-refractivity contribution in [2.75, 3.05) is 0 Å². The molecule has 0 spiro atoms. The first-order valence-corrected chi connectivity index (χ1v) is 27.8. The third-order valence-electron chi connectivity index (χ3n) is 11.7. The molecule has 0 fully saturated rings. The lowest BCUT2D eigenvalue weighted by Crippen LogP contribution is -1.87. The van der Waals surface area contributed by atoms with Gasteiger partial charge in [0.2, 0.25) is 0 Å². The number of aromatic nitrogens is 16. The lowest BCUT2D eigenvalue weighted by Gasteiger charge is -2.02. The largest absolute Gasteiger partial charge is 0.341 e. The fourth-order valence-electron chi connectivity index (χ4n) is 7.27. The van der Waals surface area contributed by atoms with E-state index in [0.717, 1.165) is 67.4 Å². The van der Waals surface area contributed by atoms with Crippen molar-refractivity contribution in [3.05, 3.63) is 315 Å². The summed E-state index contributed by atoms with van der Waals surface area (Å²) in [5.41, 5.74) is 15.6. The third kappa shape index (κ3) is 25.0. The fraction of sp³-hybridized carbons (Fsp3) is 0.127. The van der Waals surface area contributed by atoms with Crippen molar-refractivity contribution in [3.63, 3.8) is 0 Å². The Morgan fingerprint density at radius 2 is 0.828 bits per heavy atom. The van der Waals surface area contributed by atoms with Crippen molar-refractivity contribution in [2.24, 2.45) is 14.1 Å². The Hall–Kier alpha value is -11.3. The Morgan fingerprint density at radius 3 is 1.30 bits per heavy atom. The second kappa shape index (κ2) is 37.0. The summed E-state index contributed by atoms with van der Waals surface area (Å²) in [4.78, 5) is 49.9. The monoisotopic (exact) mass is 1150 g/mol. The number of hydrogen-bond acceptors (Lipinski definition) is 14. The number of imidazole rings is 1. The molecule has 0 atom stereocenters. The van der Waals surface area contributed by atoms with Crippen LogP contribution in [0.25, 0.3) is 56.0 Å². The number of pyridine rings is 11. The van der Waals surface area contributed by atoms with Gasteiger partial charge in [-0.05, 0) is 185 Å². The molecule has 13 aromatic heterocycles. The molecule has 14 rings (SSSR count). The van der Waals surface area contributed by atoms with E-state index in [1.54, 1.807) is 79.3 Å². The Kier molecular flexibility index (Phi) is 27.6. The molecule has 436 valence electrons. The van der Waals surface area contributed by atoms with Gasteiger partial charge in [-0.2, -0.15) is 0 Å². The highest BCUT2D eigenvalue weighted by molar-refractivity contribution is 6.02. The maximum Gasteiger partial charge on any atom is 0.119 e. The van der Waals surface area contributed by atoms with Gasteiger partial charge in [-0.3, -0.25) is 54.8 Å². The number of fused-ring (bicyclic) bond motifs is 3. The molecule has 0 radical (unpaired) electrons. The van der Waals surface area contributed by atoms with Crippen LogP contribution >= 0.6 is 0 Å². The average molecular weight is 1150 g/mol. The van der Waals surface area contributed by atoms with Crippen LogP contribution in [0.1, 0.15) is 39.2 Å². The van der Waals surface area contributed by atoms with Crippen LogP contribution in [-0.2, 0) is 14.1 Å². The summed E-state index contributed by atoms with van der Waals surface area (Å²) in [5, 5.41) is 9.36. The highest BCUT2D eigenvalue weighted by Crippen LogP contribution is 2.22. The Bertz CT molecular complexity index is 3850. The van der Waals surface area contributed by atoms with Crippen LogP contribution in [0.15, 0.2) is 276 Å². The second-order valence-corrected chi connectivity index (χ2v) is 19.4. The maximum absolute atomic E-state index is 4.45. The number of rotatable bonds is 3. The molecule has 1 aromatic carbocycles. The van der Waals surface area contributed by atoms with E-state index in [0.29, 0.717) is 0 Å². The van der Waals surface area contributed by atoms with E-state index in [-0.39, 0.29) is 0 Å². The summed E-state index contributed by atoms with van der Waals surface area (Å²) < 4.78 is 3.67. The highest BCUT2D eigenvalue weighted by atomic mass is 15.2. The van der Waals surface area contributed by atoms with Crippen LogP contribution in [0.2, 0.25) is 0 Å². The summed E-state index contributed by atoms with van der Waals surface area (Å²) in [6.45, 7) is 14.1. The third-order valence-corrected chi connectivity index (χ3v) is 11.7. The van der Waals surface area contributed by atoms with Crippen molar-refractivity contribution in [3.8, 4) is 34.2 Å². The molecular weight excluding hydrogens is 1080 g/mol. The molecule has 14 aromatic rings. The van der Waals surface area contributed by atoms with Gasteiger partial charge in [0.25, 0.3) is 0 Å². The van der Waals surface area contributed by atoms with Gasteiger partial charge in [0, 0.05) is 123 Å². The van der Waals surface area contributed by atoms with E-state index in [1.165, 1.54) is 27.8 Å². The first-order valence-electron chi connectivity index (χ1n) is 27.8. The molecule has 0 aliphatic rings. The number of benzene rings is 1. The van der Waals surface area contributed by atoms with E-state index in [2.05, 4.69) is 101 Å². The minimum atomic E-state index is 0.919. The molecular formula is C71H72N16. The zero-order valence-corrected chi connectivity index (χ0v) is 50.6. The predicted octanol–water partition coefficient (Wildman–Crippen LogP) is 14.9. The summed E-state index contributed by atoms with van der Waals surface area (Å²) in [6, 6.07) is 55.5. The summed E-state index contributed by atoms with van der Waals surface area (Å²) in [6.07, 6.45) is 30.3. The van der Waals surface area contributed by atoms with Crippen LogP contribution in [-0.4, -0.2) is 79.1 Å². The van der Waals surface area contributed by atoms with E-state index in [4.69, 9.17) is 0 Å². The molecule has 13 heterocycles. The average Bonchev–Trinajstić information content (AvgIpc) is 2.64. The molecule has 0 N–H and O–H groups in total. The first kappa shape index (κ1) is 64.9. The van der Waals surface area contributed by atoms with Gasteiger partial charge in [-0.1, -0.05) is 60.7 Å². The second-order valence-electron chi connectivity index (χ2n) is 19.4. The van der Waals surface area contributed by atoms with Gasteiger partial charge < -0.3 is 9.13 Å². The molecule has 0 unspecified atom stereocenters. The SMILES string of the molecule is Cc1ccc(-c2ccccn2)nc1.Cc1cccc(-c2ccccn2)n1.Cc1ccccn1.Cc1cccnc1.Cc1ccnc(-c2ccccn2)c1.Cc1ccncc1.Cc1cnc2c(ccc3cccnc32)c1.Cn1ccnc1.Cn1cnnc1. The van der Waals surface area contributed by atoms with Crippen LogP contribution in [0.3, 0.4) is 0 Å². The molecule has 87 heavy (non-hydrogen) atoms. The zero-order valence-electron chi connectivity index (χ0n) is 50.6. The molecule has 16 heteroatoms. The molecule has 0 amide bonds. The quantitative estimate of drug-likeness (QED) is 0.152. The van der Waals surface area contributed by atoms with E-state index < -0.39 is 0 Å². The first-order chi connectivity index (χ1) is 42.4. The van der Waals surface area contributed by atoms with Crippen molar-refractivity contribution < 1.29 is 0 Å². The van der Waals surface area contributed by atoms with Crippen molar-refractivity contribution in [2.45, 2.75) is 48.5 Å². The number of nitrogens with zero attached hydrogens (tertiary/aromatic N) is 16. The smallest absolute Gasteiger partial charge is 0.119 e. The van der Waals surface area contributed by atoms with Gasteiger partial charge in [0.1, 0.15) is 12.7 Å². The summed E-state index contributed by atoms with van der Waals surface area (Å²) in [5.74, 6) is 0. The minimum Gasteiger partial charge on any atom is -0.341 e. The Labute approximate surface area is 510 Å². The lowest BCUT2D eigenvalue weighted by atomic mass is 10.1. The standard InChI is InChI=1S/C13H10N2.3C11H10N2.3C6H7N.C4H6N2.C3H5N3/c1-9-7-11-5-4-10-3-2-6-14-12(10)13(11)15-8-9;1-9-5-4-7-11(13-9)10-6-2-3-8-12-10;1-9-5-6-11(13-8-9)10-4-2-3-7-12-10;1-9-5-7-13-11(8-9)10-4-2-3-6-12-10;1-6-2-4-7-5-3-6;1-6-3-2-4-7-5-6;1-6-4-2-3-5-7-6;1-6-3-2-5-4-6;1-6-2-4-5-3-6/h2-8H,1H3;3*2-8H,1H3;3*2-5H,1H3;2-4H,1H3;2-3H,1H3. The zero-order chi connectivity index (χ0) is 61.7. The van der Waals surface area contributed by atoms with E-state index >= 15 is 0 Å². The molecule has 16 nitrogen and oxygen atoms in total. The van der Waals surface area contributed by atoms with Crippen molar-refractivity contribution in [1.82, 2.24) is 79.1 Å². The van der Waals surface area contributed by atoms with Gasteiger partial charge in [0.05, 0.1) is 51.5 Å². The number of hydrogen-bond donors (Lipinski definition) is 0. The summed E-state index contributed by atoms with van der Waals surface area (Å²) >= 11 is 0. The predicted molar refractivity (Wildman–Crippen MR) is 350 cm³/mol. The summed E-state index contributed by atoms with van der Waals surface area (Å²) in [7, 11) is 3.81. The van der Waals surface area contributed by atoms with Crippen LogP contribution in [0.4, 0.5) is 0 Å². The number of aryl methyl sites for hydroxylation is 9. The van der Waals surface area contributed by atoms with Gasteiger partial charge in [-0.15, -0.1) is 10.2 Å². The minimum absolute atomic E-state index is 0.919. The Morgan fingerprint density at radius 1 is 0.276 bits per heavy atom. The fourth-order valence-corrected chi connectivity index (χ4v) is 7.27. The highest BCUT2D eigenvalue weighted by Gasteiger charge is 2.03. The van der Waals surface area contributed by atoms with Gasteiger partial charge >= 0.3 is 0 Å². The van der Waals surface area contributed by atoms with Gasteiger partial charge in [0.15, 0.2) is 0 Å². The molecule has 0 aliphatic carbocycles. The van der Waals surface area contributed by atoms with Crippen LogP contribution < -0.4 is 0 Å². The molecule has 0 bridgehead atoms. The topological polar surface area (TPSA) is 190 Å². The van der Waals surface area contributed by atoms with E-state index in [1.807, 2.05) is 237 Å². The Balaban J connectivity index is 0.000000160. The van der Waals surface area contributed by atoms with Crippen LogP contribution in [0, 0.1) is 48.5 Å². The normalized spacial score (nSPS) is 9.67. The van der Waals surface area contributed by atoms with Crippen LogP contribution in [0.5, 0.6) is 0 Å². The van der Waals surface area contributed by atoms with Gasteiger partial charge in [-0.25, -0.2) is 4.98 Å². The molecule has 0 saturated heterocycles. The van der Waals surface area contributed by atoms with E-state index in [9.17, 15) is 0 Å². The molecule has 0 aliphatic heterocycles. The van der Waals surface area contributed by atoms with Crippen molar-refractivity contribution in [1.29, 1.82) is 0 Å².